The first kappa shape index (κ1) is 16.3. The van der Waals surface area contributed by atoms with Crippen LogP contribution in [-0.2, 0) is 0 Å². The van der Waals surface area contributed by atoms with Crippen LogP contribution in [0, 0.1) is 5.92 Å². The summed E-state index contributed by atoms with van der Waals surface area (Å²) >= 11 is 1.58. The van der Waals surface area contributed by atoms with Gasteiger partial charge in [0.15, 0.2) is 5.69 Å². The molecular weight excluding hydrogens is 332 g/mol. The third-order valence-corrected chi connectivity index (χ3v) is 5.38. The molecule has 25 heavy (non-hydrogen) atoms. The summed E-state index contributed by atoms with van der Waals surface area (Å²) in [5.74, 6) is 1.85. The van der Waals surface area contributed by atoms with E-state index >= 15 is 0 Å². The number of aromatic nitrogens is 3. The zero-order valence-corrected chi connectivity index (χ0v) is 15.3. The summed E-state index contributed by atoms with van der Waals surface area (Å²) in [6.45, 7) is 4.31. The maximum atomic E-state index is 13.0. The molecule has 0 radical (unpaired) electrons. The maximum absolute atomic E-state index is 13.0. The lowest BCUT2D eigenvalue weighted by atomic mass is 10.0. The number of carbonyl (C=O) groups excluding carboxylic acids is 1. The molecule has 1 saturated carbocycles. The van der Waals surface area contributed by atoms with Crippen molar-refractivity contribution in [2.45, 2.75) is 45.1 Å². The average Bonchev–Trinajstić information content (AvgIpc) is 3.15. The summed E-state index contributed by atoms with van der Waals surface area (Å²) in [6, 6.07) is 5.84. The van der Waals surface area contributed by atoms with Crippen LogP contribution in [0.2, 0.25) is 0 Å². The van der Waals surface area contributed by atoms with Gasteiger partial charge < -0.3 is 9.72 Å². The van der Waals surface area contributed by atoms with Crippen LogP contribution >= 0.6 is 11.3 Å². The van der Waals surface area contributed by atoms with Gasteiger partial charge in [-0.2, -0.15) is 0 Å². The Morgan fingerprint density at radius 3 is 2.92 bits per heavy atom. The first-order valence-electron chi connectivity index (χ1n) is 8.80. The van der Waals surface area contributed by atoms with Gasteiger partial charge in [-0.3, -0.25) is 4.79 Å². The Balaban J connectivity index is 1.65. The van der Waals surface area contributed by atoms with Crippen molar-refractivity contribution >= 4 is 22.8 Å². The fourth-order valence-corrected chi connectivity index (χ4v) is 3.89. The minimum Gasteiger partial charge on any atom is -0.341 e. The lowest BCUT2D eigenvalue weighted by Crippen LogP contribution is -2.30. The standard InChI is InChI=1S/C19H22N4OS/c1-12(2)11-14(19-20-8-10-25-19)21-18(24)16-15-5-3-4-9-23(15)17(22-16)13-6-7-13/h3-5,8-10,12-14H,6-7,11H2,1-2H3,(H,21,24). The number of amides is 1. The molecule has 1 aliphatic rings. The van der Waals surface area contributed by atoms with Crippen molar-refractivity contribution in [2.24, 2.45) is 5.92 Å². The highest BCUT2D eigenvalue weighted by Crippen LogP contribution is 2.40. The van der Waals surface area contributed by atoms with E-state index in [4.69, 9.17) is 4.98 Å². The SMILES string of the molecule is CC(C)CC(NC(=O)c1nc(C2CC2)n2ccccc12)c1nccs1. The molecule has 3 aromatic rings. The normalized spacial score (nSPS) is 15.6. The molecule has 1 atom stereocenters. The number of pyridine rings is 1. The summed E-state index contributed by atoms with van der Waals surface area (Å²) in [4.78, 5) is 22.1. The van der Waals surface area contributed by atoms with Gasteiger partial charge in [0.05, 0.1) is 11.6 Å². The van der Waals surface area contributed by atoms with E-state index in [0.717, 1.165) is 35.6 Å². The van der Waals surface area contributed by atoms with Crippen LogP contribution in [-0.4, -0.2) is 20.3 Å². The van der Waals surface area contributed by atoms with Crippen LogP contribution in [0.15, 0.2) is 36.0 Å². The average molecular weight is 354 g/mol. The number of fused-ring (bicyclic) bond motifs is 1. The Labute approximate surface area is 151 Å². The van der Waals surface area contributed by atoms with Gasteiger partial charge in [-0.1, -0.05) is 19.9 Å². The molecule has 1 fully saturated rings. The second kappa shape index (κ2) is 6.59. The number of carbonyl (C=O) groups is 1. The molecule has 1 unspecified atom stereocenters. The quantitative estimate of drug-likeness (QED) is 0.722. The molecule has 0 saturated heterocycles. The van der Waals surface area contributed by atoms with E-state index in [-0.39, 0.29) is 11.9 Å². The molecule has 6 heteroatoms. The minimum atomic E-state index is -0.114. The molecule has 1 aliphatic carbocycles. The van der Waals surface area contributed by atoms with Gasteiger partial charge >= 0.3 is 0 Å². The molecule has 0 spiro atoms. The summed E-state index contributed by atoms with van der Waals surface area (Å²) in [5.41, 5.74) is 1.40. The van der Waals surface area contributed by atoms with Crippen molar-refractivity contribution in [1.82, 2.24) is 19.7 Å². The molecule has 1 N–H and O–H groups in total. The van der Waals surface area contributed by atoms with Crippen LogP contribution in [0.1, 0.15) is 66.4 Å². The van der Waals surface area contributed by atoms with Gasteiger partial charge in [-0.25, -0.2) is 9.97 Å². The Hall–Kier alpha value is -2.21. The lowest BCUT2D eigenvalue weighted by Gasteiger charge is -2.18. The molecule has 3 aromatic heterocycles. The van der Waals surface area contributed by atoms with Gasteiger partial charge in [-0.15, -0.1) is 11.3 Å². The predicted molar refractivity (Wildman–Crippen MR) is 98.9 cm³/mol. The third kappa shape index (κ3) is 3.31. The van der Waals surface area contributed by atoms with E-state index < -0.39 is 0 Å². The van der Waals surface area contributed by atoms with Crippen LogP contribution in [0.3, 0.4) is 0 Å². The van der Waals surface area contributed by atoms with Gasteiger partial charge in [0.25, 0.3) is 5.91 Å². The second-order valence-corrected chi connectivity index (χ2v) is 8.00. The number of hydrogen-bond donors (Lipinski definition) is 1. The van der Waals surface area contributed by atoms with Crippen LogP contribution < -0.4 is 5.32 Å². The predicted octanol–water partition coefficient (Wildman–Crippen LogP) is 4.19. The molecule has 4 rings (SSSR count). The number of imidazole rings is 1. The number of rotatable bonds is 6. The smallest absolute Gasteiger partial charge is 0.272 e. The zero-order chi connectivity index (χ0) is 17.4. The van der Waals surface area contributed by atoms with Crippen LogP contribution in [0.4, 0.5) is 0 Å². The maximum Gasteiger partial charge on any atom is 0.272 e. The first-order valence-corrected chi connectivity index (χ1v) is 9.68. The van der Waals surface area contributed by atoms with E-state index in [1.807, 2.05) is 29.8 Å². The summed E-state index contributed by atoms with van der Waals surface area (Å²) in [7, 11) is 0. The Bertz CT molecular complexity index is 880. The molecule has 0 aliphatic heterocycles. The fraction of sp³-hybridized carbons (Fsp3) is 0.421. The molecule has 1 amide bonds. The van der Waals surface area contributed by atoms with Gasteiger partial charge in [0.1, 0.15) is 10.8 Å². The fourth-order valence-electron chi connectivity index (χ4n) is 3.18. The number of thiazole rings is 1. The van der Waals surface area contributed by atoms with Crippen molar-refractivity contribution in [3.63, 3.8) is 0 Å². The monoisotopic (exact) mass is 354 g/mol. The van der Waals surface area contributed by atoms with E-state index in [1.54, 1.807) is 17.5 Å². The van der Waals surface area contributed by atoms with Crippen LogP contribution in [0.5, 0.6) is 0 Å². The van der Waals surface area contributed by atoms with Crippen molar-refractivity contribution < 1.29 is 4.79 Å². The molecular formula is C19H22N4OS. The molecule has 0 bridgehead atoms. The van der Waals surface area contributed by atoms with Crippen molar-refractivity contribution in [3.8, 4) is 0 Å². The highest BCUT2D eigenvalue weighted by Gasteiger charge is 2.31. The van der Waals surface area contributed by atoms with Gasteiger partial charge in [0.2, 0.25) is 0 Å². The molecule has 0 aromatic carbocycles. The zero-order valence-electron chi connectivity index (χ0n) is 14.5. The first-order chi connectivity index (χ1) is 12.1. The van der Waals surface area contributed by atoms with E-state index in [2.05, 4.69) is 28.5 Å². The summed E-state index contributed by atoms with van der Waals surface area (Å²) in [6.07, 6.45) is 6.96. The third-order valence-electron chi connectivity index (χ3n) is 4.50. The number of hydrogen-bond acceptors (Lipinski definition) is 4. The Morgan fingerprint density at radius 2 is 2.24 bits per heavy atom. The summed E-state index contributed by atoms with van der Waals surface area (Å²) < 4.78 is 2.06. The van der Waals surface area contributed by atoms with Crippen molar-refractivity contribution in [3.05, 3.63) is 52.5 Å². The highest BCUT2D eigenvalue weighted by molar-refractivity contribution is 7.09. The topological polar surface area (TPSA) is 59.3 Å². The molecule has 3 heterocycles. The van der Waals surface area contributed by atoms with Crippen molar-refractivity contribution in [1.29, 1.82) is 0 Å². The number of nitrogens with one attached hydrogen (secondary N) is 1. The van der Waals surface area contributed by atoms with E-state index in [1.165, 1.54) is 0 Å². The molecule has 5 nitrogen and oxygen atoms in total. The van der Waals surface area contributed by atoms with Gasteiger partial charge in [-0.05, 0) is 37.3 Å². The van der Waals surface area contributed by atoms with Crippen molar-refractivity contribution in [2.75, 3.05) is 0 Å². The van der Waals surface area contributed by atoms with Crippen LogP contribution in [0.25, 0.3) is 5.52 Å². The lowest BCUT2D eigenvalue weighted by molar-refractivity contribution is 0.0929. The molecule has 130 valence electrons. The van der Waals surface area contributed by atoms with E-state index in [0.29, 0.717) is 17.5 Å². The van der Waals surface area contributed by atoms with E-state index in [9.17, 15) is 4.79 Å². The Kier molecular flexibility index (Phi) is 4.29. The highest BCUT2D eigenvalue weighted by atomic mass is 32.1. The van der Waals surface area contributed by atoms with Gasteiger partial charge in [0, 0.05) is 23.7 Å². The second-order valence-electron chi connectivity index (χ2n) is 7.07. The summed E-state index contributed by atoms with van der Waals surface area (Å²) in [5, 5.41) is 6.07. The number of nitrogens with zero attached hydrogens (tertiary/aromatic N) is 3. The largest absolute Gasteiger partial charge is 0.341 e. The Morgan fingerprint density at radius 1 is 1.40 bits per heavy atom. The minimum absolute atomic E-state index is 0.0719.